The lowest BCUT2D eigenvalue weighted by molar-refractivity contribution is 0.331. The van der Waals surface area contributed by atoms with E-state index in [-0.39, 0.29) is 0 Å². The lowest BCUT2D eigenvalue weighted by Crippen LogP contribution is -2.10. The third kappa shape index (κ3) is 5.05. The average molecular weight is 374 g/mol. The fourth-order valence-electron chi connectivity index (χ4n) is 2.91. The van der Waals surface area contributed by atoms with Crippen LogP contribution in [0.1, 0.15) is 50.5 Å². The maximum absolute atomic E-state index is 3.85. The van der Waals surface area contributed by atoms with Crippen molar-refractivity contribution in [2.75, 3.05) is 0 Å². The van der Waals surface area contributed by atoms with E-state index in [1.54, 1.807) is 0 Å². The molecule has 100 valence electrons. The monoisotopic (exact) mass is 372 g/mol. The van der Waals surface area contributed by atoms with E-state index in [2.05, 4.69) is 56.1 Å². The van der Waals surface area contributed by atoms with Crippen molar-refractivity contribution in [2.24, 2.45) is 5.92 Å². The lowest BCUT2D eigenvalue weighted by Gasteiger charge is -2.22. The Morgan fingerprint density at radius 3 is 2.67 bits per heavy atom. The number of hydrogen-bond acceptors (Lipinski definition) is 0. The van der Waals surface area contributed by atoms with Crippen molar-refractivity contribution < 1.29 is 0 Å². The fraction of sp³-hybridized carbons (Fsp3) is 0.625. The Morgan fingerprint density at radius 2 is 1.94 bits per heavy atom. The third-order valence-electron chi connectivity index (χ3n) is 3.96. The molecule has 1 aliphatic carbocycles. The number of benzene rings is 1. The highest BCUT2D eigenvalue weighted by Crippen LogP contribution is 2.29. The lowest BCUT2D eigenvalue weighted by atomic mass is 9.85. The first-order chi connectivity index (χ1) is 8.74. The second-order valence-electron chi connectivity index (χ2n) is 5.51. The van der Waals surface area contributed by atoms with E-state index in [0.29, 0.717) is 4.83 Å². The van der Waals surface area contributed by atoms with Crippen LogP contribution in [0.2, 0.25) is 0 Å². The van der Waals surface area contributed by atoms with Crippen molar-refractivity contribution >= 4 is 31.9 Å². The van der Waals surface area contributed by atoms with Gasteiger partial charge < -0.3 is 0 Å². The summed E-state index contributed by atoms with van der Waals surface area (Å²) in [5.74, 6) is 1.00. The molecule has 1 atom stereocenters. The van der Waals surface area contributed by atoms with E-state index in [1.807, 2.05) is 0 Å². The second-order valence-corrected chi connectivity index (χ2v) is 7.72. The molecule has 18 heavy (non-hydrogen) atoms. The largest absolute Gasteiger partial charge is 0.0887 e. The molecule has 1 aromatic rings. The first-order valence-electron chi connectivity index (χ1n) is 7.12. The van der Waals surface area contributed by atoms with Gasteiger partial charge in [0.2, 0.25) is 0 Å². The summed E-state index contributed by atoms with van der Waals surface area (Å²) in [5, 5.41) is 0. The van der Waals surface area contributed by atoms with Gasteiger partial charge in [-0.2, -0.15) is 0 Å². The van der Waals surface area contributed by atoms with Crippen molar-refractivity contribution in [3.05, 3.63) is 34.3 Å². The van der Waals surface area contributed by atoms with Crippen LogP contribution < -0.4 is 0 Å². The van der Waals surface area contributed by atoms with Crippen LogP contribution in [0.4, 0.5) is 0 Å². The van der Waals surface area contributed by atoms with Crippen molar-refractivity contribution in [1.29, 1.82) is 0 Å². The summed E-state index contributed by atoms with van der Waals surface area (Å²) in [6.45, 7) is 0. The van der Waals surface area contributed by atoms with Crippen LogP contribution >= 0.6 is 31.9 Å². The molecule has 0 amide bonds. The molecule has 0 aliphatic heterocycles. The number of alkyl halides is 1. The van der Waals surface area contributed by atoms with Gasteiger partial charge in [0.25, 0.3) is 0 Å². The molecule has 0 nitrogen and oxygen atoms in total. The van der Waals surface area contributed by atoms with Crippen molar-refractivity contribution in [2.45, 2.75) is 56.2 Å². The van der Waals surface area contributed by atoms with E-state index in [0.717, 1.165) is 12.3 Å². The highest BCUT2D eigenvalue weighted by Gasteiger charge is 2.15. The minimum Gasteiger partial charge on any atom is -0.0887 e. The fourth-order valence-corrected chi connectivity index (χ4v) is 4.00. The first kappa shape index (κ1) is 14.6. The summed E-state index contributed by atoms with van der Waals surface area (Å²) >= 11 is 7.39. The van der Waals surface area contributed by atoms with Crippen LogP contribution in [0, 0.1) is 5.92 Å². The predicted octanol–water partition coefficient (Wildman–Crippen LogP) is 6.12. The Kier molecular flexibility index (Phi) is 6.23. The average Bonchev–Trinajstić information content (AvgIpc) is 2.38. The molecular weight excluding hydrogens is 352 g/mol. The Morgan fingerprint density at radius 1 is 1.17 bits per heavy atom. The summed E-state index contributed by atoms with van der Waals surface area (Å²) in [5.41, 5.74) is 1.43. The number of rotatable bonds is 5. The van der Waals surface area contributed by atoms with Gasteiger partial charge >= 0.3 is 0 Å². The number of halogens is 2. The van der Waals surface area contributed by atoms with Gasteiger partial charge in [-0.15, -0.1) is 0 Å². The minimum atomic E-state index is 0.633. The Bertz CT molecular complexity index is 356. The standard InChI is InChI=1S/C16H22Br2/c17-15-8-4-7-14(11-15)12-16(18)10-9-13-5-2-1-3-6-13/h4,7-8,11,13,16H,1-3,5-6,9-10,12H2. The normalized spacial score (nSPS) is 18.8. The molecule has 1 saturated carbocycles. The zero-order valence-electron chi connectivity index (χ0n) is 10.9. The summed E-state index contributed by atoms with van der Waals surface area (Å²) < 4.78 is 1.19. The zero-order chi connectivity index (χ0) is 12.8. The highest BCUT2D eigenvalue weighted by atomic mass is 79.9. The first-order valence-corrected chi connectivity index (χ1v) is 8.83. The summed E-state index contributed by atoms with van der Waals surface area (Å²) in [6, 6.07) is 8.67. The predicted molar refractivity (Wildman–Crippen MR) is 86.4 cm³/mol. The molecule has 0 bridgehead atoms. The Hall–Kier alpha value is 0.180. The van der Waals surface area contributed by atoms with Gasteiger partial charge in [0.05, 0.1) is 0 Å². The molecule has 0 saturated heterocycles. The van der Waals surface area contributed by atoms with Crippen LogP contribution in [0.25, 0.3) is 0 Å². The van der Waals surface area contributed by atoms with Gasteiger partial charge in [-0.25, -0.2) is 0 Å². The van der Waals surface area contributed by atoms with Crippen molar-refractivity contribution in [1.82, 2.24) is 0 Å². The smallest absolute Gasteiger partial charge is 0.0186 e. The summed E-state index contributed by atoms with van der Waals surface area (Å²) in [6.07, 6.45) is 11.2. The SMILES string of the molecule is Brc1cccc(CC(Br)CCC2CCCCC2)c1. The van der Waals surface area contributed by atoms with Gasteiger partial charge in [-0.3, -0.25) is 0 Å². The quantitative estimate of drug-likeness (QED) is 0.545. The minimum absolute atomic E-state index is 0.633. The zero-order valence-corrected chi connectivity index (χ0v) is 14.0. The Balaban J connectivity index is 1.72. The number of hydrogen-bond donors (Lipinski definition) is 0. The molecule has 0 N–H and O–H groups in total. The van der Waals surface area contributed by atoms with Gasteiger partial charge in [-0.05, 0) is 42.9 Å². The van der Waals surface area contributed by atoms with Crippen LogP contribution in [0.5, 0.6) is 0 Å². The molecule has 2 heteroatoms. The maximum atomic E-state index is 3.85. The van der Waals surface area contributed by atoms with E-state index < -0.39 is 0 Å². The van der Waals surface area contributed by atoms with Crippen molar-refractivity contribution in [3.8, 4) is 0 Å². The maximum Gasteiger partial charge on any atom is 0.0186 e. The highest BCUT2D eigenvalue weighted by molar-refractivity contribution is 9.10. The van der Waals surface area contributed by atoms with E-state index in [4.69, 9.17) is 0 Å². The van der Waals surface area contributed by atoms with E-state index >= 15 is 0 Å². The van der Waals surface area contributed by atoms with Crippen molar-refractivity contribution in [3.63, 3.8) is 0 Å². The molecule has 1 aromatic carbocycles. The summed E-state index contributed by atoms with van der Waals surface area (Å²) in [7, 11) is 0. The topological polar surface area (TPSA) is 0 Å². The van der Waals surface area contributed by atoms with Crippen LogP contribution in [0.15, 0.2) is 28.7 Å². The van der Waals surface area contributed by atoms with E-state index in [1.165, 1.54) is 55.0 Å². The molecule has 1 fully saturated rings. The van der Waals surface area contributed by atoms with Crippen LogP contribution in [-0.2, 0) is 6.42 Å². The molecule has 1 aliphatic rings. The van der Waals surface area contributed by atoms with Gasteiger partial charge in [0.1, 0.15) is 0 Å². The second kappa shape index (κ2) is 7.69. The van der Waals surface area contributed by atoms with Gasteiger partial charge in [0, 0.05) is 9.30 Å². The van der Waals surface area contributed by atoms with Gasteiger partial charge in [0.15, 0.2) is 0 Å². The molecule has 0 radical (unpaired) electrons. The van der Waals surface area contributed by atoms with Gasteiger partial charge in [-0.1, -0.05) is 76.1 Å². The van der Waals surface area contributed by atoms with Crippen LogP contribution in [0.3, 0.4) is 0 Å². The Labute approximate surface area is 128 Å². The van der Waals surface area contributed by atoms with Crippen LogP contribution in [-0.4, -0.2) is 4.83 Å². The summed E-state index contributed by atoms with van der Waals surface area (Å²) in [4.78, 5) is 0.633. The molecule has 0 spiro atoms. The molecule has 0 heterocycles. The molecular formula is C16H22Br2. The van der Waals surface area contributed by atoms with E-state index in [9.17, 15) is 0 Å². The third-order valence-corrected chi connectivity index (χ3v) is 5.23. The molecule has 0 aromatic heterocycles. The molecule has 2 rings (SSSR count). The molecule has 1 unspecified atom stereocenters.